The molecule has 1 aromatic carbocycles. The molecule has 4 heterocycles. The predicted octanol–water partition coefficient (Wildman–Crippen LogP) is 0.707. The van der Waals surface area contributed by atoms with Crippen molar-refractivity contribution in [1.82, 2.24) is 5.32 Å². The van der Waals surface area contributed by atoms with Gasteiger partial charge in [0, 0.05) is 43.4 Å². The molecule has 23 heteroatoms. The minimum atomic E-state index is -1.74. The van der Waals surface area contributed by atoms with Crippen LogP contribution < -0.4 is 21.1 Å². The van der Waals surface area contributed by atoms with E-state index in [1.807, 2.05) is 19.9 Å². The number of carbonyl (C=O) groups is 6. The standard InChI is InChI=1S/C52H71N3O20/c1-30-13-16-51-28-70-48(65)44(31(2)14-19-68-41(59)8-4-5-9-43(61)75-36-25-38(74-37(51)23-30)52(29-71-52)50(36,51)3)55-39(57)7-6-10-42(60)69-27-32-11-12-34(72-49-47(64)46(63)45(62)35(26-56)73-49)33(24-32)54-40(58)15-18-66-21-22-67-20-17-53/h4-5,8-9,11-12,23-24,31,35-38,44-47,49,56,62-64H,6-7,10,13-22,25-29,53H2,1-3H3,(H,54,58)(H,55,57)/b8-4+,9-5-/t31-,35-,36-,37-,38-,44-,45+,46+,47-,49-,50-,51-,52+/m1/s1. The van der Waals surface area contributed by atoms with Gasteiger partial charge in [0.15, 0.2) is 0 Å². The molecule has 3 saturated heterocycles. The lowest BCUT2D eigenvalue weighted by Gasteiger charge is -2.58. The van der Waals surface area contributed by atoms with Crippen LogP contribution in [0.2, 0.25) is 0 Å². The molecule has 8 N–H and O–H groups in total. The number of esters is 4. The summed E-state index contributed by atoms with van der Waals surface area (Å²) in [6, 6.07) is 3.17. The van der Waals surface area contributed by atoms with Crippen LogP contribution in [0.4, 0.5) is 5.69 Å². The number of aliphatic hydroxyl groups excluding tert-OH is 4. The Balaban J connectivity index is 0.978. The van der Waals surface area contributed by atoms with Gasteiger partial charge < -0.3 is 84.2 Å². The highest BCUT2D eigenvalue weighted by molar-refractivity contribution is 5.92. The van der Waals surface area contributed by atoms with Gasteiger partial charge in [-0.05, 0) is 56.2 Å². The first-order valence-corrected chi connectivity index (χ1v) is 25.5. The van der Waals surface area contributed by atoms with Gasteiger partial charge in [0.25, 0.3) is 0 Å². The van der Waals surface area contributed by atoms with E-state index in [1.165, 1.54) is 36.4 Å². The maximum absolute atomic E-state index is 14.3. The molecule has 2 spiro atoms. The third-order valence-corrected chi connectivity index (χ3v) is 15.2. The molecule has 1 aromatic rings. The summed E-state index contributed by atoms with van der Waals surface area (Å²) >= 11 is 0. The van der Waals surface area contributed by atoms with Crippen molar-refractivity contribution < 1.29 is 96.6 Å². The smallest absolute Gasteiger partial charge is 0.331 e. The number of nitrogens with one attached hydrogen (secondary N) is 2. The lowest BCUT2D eigenvalue weighted by Crippen LogP contribution is -2.67. The topological polar surface area (TPSA) is 329 Å². The number of hydrogen-bond donors (Lipinski definition) is 7. The van der Waals surface area contributed by atoms with E-state index < -0.39 is 114 Å². The van der Waals surface area contributed by atoms with Gasteiger partial charge in [-0.3, -0.25) is 14.4 Å². The van der Waals surface area contributed by atoms with Gasteiger partial charge in [0.1, 0.15) is 61.1 Å². The number of epoxide rings is 1. The van der Waals surface area contributed by atoms with Gasteiger partial charge in [-0.25, -0.2) is 14.4 Å². The van der Waals surface area contributed by atoms with Crippen LogP contribution in [0.3, 0.4) is 0 Å². The van der Waals surface area contributed by atoms with Gasteiger partial charge in [-0.1, -0.05) is 43.7 Å². The Morgan fingerprint density at radius 1 is 0.880 bits per heavy atom. The van der Waals surface area contributed by atoms with Crippen LogP contribution >= 0.6 is 0 Å². The van der Waals surface area contributed by atoms with Crippen LogP contribution in [-0.4, -0.2) is 176 Å². The first-order valence-electron chi connectivity index (χ1n) is 25.5. The largest absolute Gasteiger partial charge is 0.463 e. The monoisotopic (exact) mass is 1060 g/mol. The second kappa shape index (κ2) is 25.7. The average molecular weight is 1060 g/mol. The molecular weight excluding hydrogens is 987 g/mol. The van der Waals surface area contributed by atoms with E-state index in [2.05, 4.69) is 10.6 Å². The summed E-state index contributed by atoms with van der Waals surface area (Å²) in [4.78, 5) is 79.7. The Labute approximate surface area is 434 Å². The SMILES string of the molecule is CC1=C[C@H]2O[C@@H]3C[C@H]4OC(=O)/C=C\C=C\C(=O)OCC[C@@H](C)[C@@H](NC(=O)CCCC(=O)OCc5ccc(O[C@@H]6O[C@H](CO)[C@H](O)[C@H](O)[C@H]6O)c(NC(=O)CCOCCOCCN)c5)C(=O)OC[C@@]2(CC1)[C@]4(C)[C@]31CO1. The summed E-state index contributed by atoms with van der Waals surface area (Å²) in [5, 5.41) is 46.3. The van der Waals surface area contributed by atoms with Gasteiger partial charge in [-0.15, -0.1) is 0 Å². The fourth-order valence-electron chi connectivity index (χ4n) is 10.7. The van der Waals surface area contributed by atoms with Gasteiger partial charge in [-0.2, -0.15) is 0 Å². The molecule has 6 aliphatic rings. The van der Waals surface area contributed by atoms with Gasteiger partial charge in [0.05, 0.1) is 76.0 Å². The Hall–Kier alpha value is -5.34. The lowest BCUT2D eigenvalue weighted by molar-refractivity contribution is -0.277. The van der Waals surface area contributed by atoms with Crippen molar-refractivity contribution in [3.63, 3.8) is 0 Å². The van der Waals surface area contributed by atoms with E-state index in [0.29, 0.717) is 44.6 Å². The van der Waals surface area contributed by atoms with E-state index in [4.69, 9.17) is 53.1 Å². The molecule has 2 aliphatic carbocycles. The van der Waals surface area contributed by atoms with E-state index in [-0.39, 0.29) is 89.3 Å². The lowest BCUT2D eigenvalue weighted by atomic mass is 9.51. The fraction of sp³-hybridized carbons (Fsp3) is 0.654. The number of benzene rings is 1. The molecule has 23 nitrogen and oxygen atoms in total. The molecule has 0 aromatic heterocycles. The molecule has 2 amide bonds. The first kappa shape index (κ1) is 57.4. The minimum Gasteiger partial charge on any atom is -0.463 e. The number of ether oxygens (including phenoxy) is 10. The van der Waals surface area contributed by atoms with Crippen LogP contribution in [0.5, 0.6) is 5.75 Å². The average Bonchev–Trinajstić information content (AvgIpc) is 4.35. The number of aliphatic hydroxyl groups is 4. The van der Waals surface area contributed by atoms with Crippen LogP contribution in [0, 0.1) is 16.7 Å². The number of nitrogens with two attached hydrogens (primary N) is 1. The number of anilines is 1. The van der Waals surface area contributed by atoms with Crippen LogP contribution in [-0.2, 0) is 78.0 Å². The Kier molecular flexibility index (Phi) is 19.6. The van der Waals surface area contributed by atoms with E-state index in [1.54, 1.807) is 6.92 Å². The van der Waals surface area contributed by atoms with E-state index in [9.17, 15) is 49.2 Å². The van der Waals surface area contributed by atoms with E-state index >= 15 is 0 Å². The number of allylic oxidation sites excluding steroid dienone is 3. The molecule has 0 radical (unpaired) electrons. The number of rotatable bonds is 19. The van der Waals surface area contributed by atoms with Gasteiger partial charge >= 0.3 is 23.9 Å². The molecule has 4 aliphatic heterocycles. The number of amides is 2. The van der Waals surface area contributed by atoms with Crippen molar-refractivity contribution in [3.05, 3.63) is 59.7 Å². The summed E-state index contributed by atoms with van der Waals surface area (Å²) < 4.78 is 58.2. The third kappa shape index (κ3) is 13.3. The second-order valence-electron chi connectivity index (χ2n) is 20.0. The van der Waals surface area contributed by atoms with Crippen molar-refractivity contribution in [2.45, 2.75) is 139 Å². The predicted molar refractivity (Wildman–Crippen MR) is 260 cm³/mol. The van der Waals surface area contributed by atoms with E-state index in [0.717, 1.165) is 11.6 Å². The minimum absolute atomic E-state index is 0.0282. The highest BCUT2D eigenvalue weighted by Crippen LogP contribution is 2.72. The Morgan fingerprint density at radius 3 is 2.36 bits per heavy atom. The zero-order valence-corrected chi connectivity index (χ0v) is 42.5. The molecule has 4 fully saturated rings. The van der Waals surface area contributed by atoms with Crippen molar-refractivity contribution in [2.24, 2.45) is 22.5 Å². The molecular formula is C52H71N3O20. The molecule has 414 valence electrons. The second-order valence-corrected chi connectivity index (χ2v) is 20.0. The van der Waals surface area contributed by atoms with Crippen LogP contribution in [0.15, 0.2) is 54.2 Å². The number of cyclic esters (lactones) is 2. The van der Waals surface area contributed by atoms with Gasteiger partial charge in [0.2, 0.25) is 18.1 Å². The molecule has 0 unspecified atom stereocenters. The highest BCUT2D eigenvalue weighted by Gasteiger charge is 2.83. The number of hydrogen-bond acceptors (Lipinski definition) is 21. The third-order valence-electron chi connectivity index (χ3n) is 15.2. The maximum Gasteiger partial charge on any atom is 0.331 e. The summed E-state index contributed by atoms with van der Waals surface area (Å²) in [5.41, 5.74) is 4.49. The van der Waals surface area contributed by atoms with Crippen molar-refractivity contribution >= 4 is 41.4 Å². The number of carbonyl (C=O) groups excluding carboxylic acids is 6. The summed E-state index contributed by atoms with van der Waals surface area (Å²) in [5.74, 6) is -4.37. The molecule has 1 saturated carbocycles. The molecule has 7 rings (SSSR count). The normalized spacial score (nSPS) is 34.5. The quantitative estimate of drug-likeness (QED) is 0.0330. The Bertz CT molecular complexity index is 2300. The first-order chi connectivity index (χ1) is 35.9. The van der Waals surface area contributed by atoms with Crippen molar-refractivity contribution in [3.8, 4) is 5.75 Å². The van der Waals surface area contributed by atoms with Crippen LogP contribution in [0.25, 0.3) is 0 Å². The zero-order chi connectivity index (χ0) is 53.9. The summed E-state index contributed by atoms with van der Waals surface area (Å²) in [6.07, 6.45) is -0.947. The highest BCUT2D eigenvalue weighted by atomic mass is 16.7. The van der Waals surface area contributed by atoms with Crippen LogP contribution in [0.1, 0.15) is 77.7 Å². The molecule has 13 atom stereocenters. The molecule has 75 heavy (non-hydrogen) atoms. The maximum atomic E-state index is 14.3. The summed E-state index contributed by atoms with van der Waals surface area (Å²) in [6.45, 7) is 6.20. The van der Waals surface area contributed by atoms with Crippen molar-refractivity contribution in [2.75, 3.05) is 64.7 Å². The van der Waals surface area contributed by atoms with Crippen molar-refractivity contribution in [1.29, 1.82) is 0 Å². The summed E-state index contributed by atoms with van der Waals surface area (Å²) in [7, 11) is 0. The Morgan fingerprint density at radius 2 is 1.63 bits per heavy atom. The molecule has 2 bridgehead atoms. The fourth-order valence-corrected chi connectivity index (χ4v) is 10.7. The zero-order valence-electron chi connectivity index (χ0n) is 42.5.